The Hall–Kier alpha value is -3.31. The van der Waals surface area contributed by atoms with Crippen LogP contribution in [0.25, 0.3) is 0 Å². The second-order valence-electron chi connectivity index (χ2n) is 8.31. The Bertz CT molecular complexity index is 1110. The van der Waals surface area contributed by atoms with E-state index in [1.54, 1.807) is 14.2 Å². The minimum Gasteiger partial charge on any atom is -0.493 e. The van der Waals surface area contributed by atoms with Crippen molar-refractivity contribution in [3.8, 4) is 11.5 Å². The number of fused-ring (bicyclic) bond motifs is 1. The highest BCUT2D eigenvalue weighted by molar-refractivity contribution is 5.93. The van der Waals surface area contributed by atoms with Gasteiger partial charge in [0.2, 0.25) is 5.91 Å². The molecule has 1 aliphatic heterocycles. The van der Waals surface area contributed by atoms with Gasteiger partial charge in [-0.25, -0.2) is 0 Å². The van der Waals surface area contributed by atoms with Crippen molar-refractivity contribution in [2.75, 3.05) is 32.6 Å². The van der Waals surface area contributed by atoms with Crippen LogP contribution >= 0.6 is 0 Å². The fourth-order valence-electron chi connectivity index (χ4n) is 4.44. The summed E-state index contributed by atoms with van der Waals surface area (Å²) in [7, 11) is 3.31. The Morgan fingerprint density at radius 2 is 1.72 bits per heavy atom. The molecule has 0 unspecified atom stereocenters. The van der Waals surface area contributed by atoms with E-state index < -0.39 is 0 Å². The SMILES string of the molecule is COc1cc2c(cc1OC)[C@H](c1ccccc1)N(CC(=O)Nc1cc(C)ccc1C)CC2. The van der Waals surface area contributed by atoms with Crippen molar-refractivity contribution in [3.63, 3.8) is 0 Å². The Balaban J connectivity index is 1.66. The van der Waals surface area contributed by atoms with Gasteiger partial charge in [0.05, 0.1) is 26.8 Å². The van der Waals surface area contributed by atoms with E-state index in [2.05, 4.69) is 40.5 Å². The van der Waals surface area contributed by atoms with Crippen LogP contribution in [0.3, 0.4) is 0 Å². The van der Waals surface area contributed by atoms with Crippen LogP contribution in [-0.4, -0.2) is 38.1 Å². The number of nitrogens with zero attached hydrogens (tertiary/aromatic N) is 1. The summed E-state index contributed by atoms with van der Waals surface area (Å²) in [6.45, 7) is 5.13. The lowest BCUT2D eigenvalue weighted by Crippen LogP contribution is -2.41. The molecule has 1 atom stereocenters. The number of ether oxygens (including phenoxy) is 2. The zero-order valence-electron chi connectivity index (χ0n) is 19.1. The molecule has 5 nitrogen and oxygen atoms in total. The molecular formula is C27H30N2O3. The van der Waals surface area contributed by atoms with Crippen molar-refractivity contribution in [1.82, 2.24) is 4.90 Å². The van der Waals surface area contributed by atoms with E-state index in [1.165, 1.54) is 5.56 Å². The molecule has 5 heteroatoms. The summed E-state index contributed by atoms with van der Waals surface area (Å²) in [6.07, 6.45) is 0.843. The summed E-state index contributed by atoms with van der Waals surface area (Å²) < 4.78 is 11.1. The van der Waals surface area contributed by atoms with Crippen LogP contribution in [-0.2, 0) is 11.2 Å². The molecule has 32 heavy (non-hydrogen) atoms. The third-order valence-electron chi connectivity index (χ3n) is 6.10. The molecule has 1 aliphatic rings. The summed E-state index contributed by atoms with van der Waals surface area (Å²) in [5.74, 6) is 1.43. The summed E-state index contributed by atoms with van der Waals surface area (Å²) in [5, 5.41) is 3.11. The van der Waals surface area contributed by atoms with E-state index in [-0.39, 0.29) is 11.9 Å². The molecule has 4 rings (SSSR count). The Kier molecular flexibility index (Phi) is 6.47. The normalized spacial score (nSPS) is 15.7. The molecule has 1 amide bonds. The first-order valence-electron chi connectivity index (χ1n) is 10.9. The van der Waals surface area contributed by atoms with Crippen LogP contribution in [0, 0.1) is 13.8 Å². The van der Waals surface area contributed by atoms with Crippen molar-refractivity contribution in [3.05, 3.63) is 88.5 Å². The zero-order chi connectivity index (χ0) is 22.7. The first kappa shape index (κ1) is 21.9. The summed E-state index contributed by atoms with van der Waals surface area (Å²) in [4.78, 5) is 15.3. The van der Waals surface area contributed by atoms with Gasteiger partial charge in [-0.1, -0.05) is 42.5 Å². The second kappa shape index (κ2) is 9.45. The molecular weight excluding hydrogens is 400 g/mol. The number of amides is 1. The van der Waals surface area contributed by atoms with Crippen molar-refractivity contribution >= 4 is 11.6 Å². The molecule has 0 fully saturated rings. The number of hydrogen-bond donors (Lipinski definition) is 1. The first-order chi connectivity index (χ1) is 15.5. The molecule has 0 saturated heterocycles. The van der Waals surface area contributed by atoms with Gasteiger partial charge in [0.1, 0.15) is 0 Å². The molecule has 3 aromatic carbocycles. The molecule has 0 radical (unpaired) electrons. The third-order valence-corrected chi connectivity index (χ3v) is 6.10. The molecule has 0 spiro atoms. The van der Waals surface area contributed by atoms with Gasteiger partial charge in [0.15, 0.2) is 11.5 Å². The van der Waals surface area contributed by atoms with Gasteiger partial charge in [-0.15, -0.1) is 0 Å². The average molecular weight is 431 g/mol. The van der Waals surface area contributed by atoms with Crippen molar-refractivity contribution < 1.29 is 14.3 Å². The van der Waals surface area contributed by atoms with Gasteiger partial charge in [0.25, 0.3) is 0 Å². The summed E-state index contributed by atoms with van der Waals surface area (Å²) in [6, 6.07) is 20.5. The predicted molar refractivity (Wildman–Crippen MR) is 128 cm³/mol. The zero-order valence-corrected chi connectivity index (χ0v) is 19.1. The number of nitrogens with one attached hydrogen (secondary N) is 1. The van der Waals surface area contributed by atoms with Gasteiger partial charge < -0.3 is 14.8 Å². The molecule has 0 aliphatic carbocycles. The smallest absolute Gasteiger partial charge is 0.238 e. The van der Waals surface area contributed by atoms with Crippen LogP contribution < -0.4 is 14.8 Å². The summed E-state index contributed by atoms with van der Waals surface area (Å²) >= 11 is 0. The first-order valence-corrected chi connectivity index (χ1v) is 10.9. The lowest BCUT2D eigenvalue weighted by Gasteiger charge is -2.37. The highest BCUT2D eigenvalue weighted by Crippen LogP contribution is 2.40. The van der Waals surface area contributed by atoms with Crippen LogP contribution in [0.1, 0.15) is 33.9 Å². The minimum atomic E-state index is -0.0379. The van der Waals surface area contributed by atoms with E-state index in [1.807, 2.05) is 44.2 Å². The number of methoxy groups -OCH3 is 2. The quantitative estimate of drug-likeness (QED) is 0.604. The Morgan fingerprint density at radius 3 is 2.44 bits per heavy atom. The number of anilines is 1. The minimum absolute atomic E-state index is 0.0106. The van der Waals surface area contributed by atoms with Gasteiger partial charge in [-0.2, -0.15) is 0 Å². The van der Waals surface area contributed by atoms with Gasteiger partial charge in [-0.3, -0.25) is 9.69 Å². The van der Waals surface area contributed by atoms with E-state index in [0.717, 1.165) is 46.7 Å². The molecule has 1 heterocycles. The van der Waals surface area contributed by atoms with Gasteiger partial charge in [-0.05, 0) is 66.3 Å². The van der Waals surface area contributed by atoms with Crippen LogP contribution in [0.5, 0.6) is 11.5 Å². The number of aryl methyl sites for hydroxylation is 2. The number of carbonyl (C=O) groups excluding carboxylic acids is 1. The average Bonchev–Trinajstić information content (AvgIpc) is 2.80. The number of hydrogen-bond acceptors (Lipinski definition) is 4. The highest BCUT2D eigenvalue weighted by Gasteiger charge is 2.31. The molecule has 1 N–H and O–H groups in total. The Morgan fingerprint density at radius 1 is 1.00 bits per heavy atom. The highest BCUT2D eigenvalue weighted by atomic mass is 16.5. The standard InChI is InChI=1S/C27H30N2O3/c1-18-10-11-19(2)23(14-18)28-26(30)17-29-13-12-21-15-24(31-3)25(32-4)16-22(21)27(29)20-8-6-5-7-9-20/h5-11,14-16,27H,12-13,17H2,1-4H3,(H,28,30)/t27-/m0/s1. The maximum absolute atomic E-state index is 13.1. The molecule has 166 valence electrons. The van der Waals surface area contributed by atoms with Crippen LogP contribution in [0.2, 0.25) is 0 Å². The van der Waals surface area contributed by atoms with E-state index >= 15 is 0 Å². The number of benzene rings is 3. The van der Waals surface area contributed by atoms with E-state index in [0.29, 0.717) is 12.3 Å². The lowest BCUT2D eigenvalue weighted by molar-refractivity contribution is -0.117. The summed E-state index contributed by atoms with van der Waals surface area (Å²) in [5.41, 5.74) is 6.59. The fourth-order valence-corrected chi connectivity index (χ4v) is 4.44. The van der Waals surface area contributed by atoms with Crippen molar-refractivity contribution in [2.24, 2.45) is 0 Å². The fraction of sp³-hybridized carbons (Fsp3) is 0.296. The molecule has 0 bridgehead atoms. The van der Waals surface area contributed by atoms with Crippen molar-refractivity contribution in [2.45, 2.75) is 26.3 Å². The number of rotatable bonds is 6. The third kappa shape index (κ3) is 4.48. The van der Waals surface area contributed by atoms with Gasteiger partial charge in [0, 0.05) is 12.2 Å². The monoisotopic (exact) mass is 430 g/mol. The topological polar surface area (TPSA) is 50.8 Å². The lowest BCUT2D eigenvalue weighted by atomic mass is 9.87. The predicted octanol–water partition coefficient (Wildman–Crippen LogP) is 4.91. The van der Waals surface area contributed by atoms with E-state index in [9.17, 15) is 4.79 Å². The maximum atomic E-state index is 13.1. The molecule has 3 aromatic rings. The maximum Gasteiger partial charge on any atom is 0.238 e. The van der Waals surface area contributed by atoms with Crippen LogP contribution in [0.4, 0.5) is 5.69 Å². The van der Waals surface area contributed by atoms with Gasteiger partial charge >= 0.3 is 0 Å². The number of carbonyl (C=O) groups is 1. The van der Waals surface area contributed by atoms with Crippen LogP contribution in [0.15, 0.2) is 60.7 Å². The second-order valence-corrected chi connectivity index (χ2v) is 8.31. The largest absolute Gasteiger partial charge is 0.493 e. The Labute approximate surface area is 190 Å². The molecule has 0 aromatic heterocycles. The van der Waals surface area contributed by atoms with E-state index in [4.69, 9.17) is 9.47 Å². The van der Waals surface area contributed by atoms with Crippen molar-refractivity contribution in [1.29, 1.82) is 0 Å². The molecule has 0 saturated carbocycles.